The van der Waals surface area contributed by atoms with Crippen LogP contribution in [0.3, 0.4) is 0 Å². The highest BCUT2D eigenvalue weighted by molar-refractivity contribution is 9.10. The summed E-state index contributed by atoms with van der Waals surface area (Å²) in [5.41, 5.74) is 1.55. The Balaban J connectivity index is 2.03. The number of rotatable bonds is 4. The van der Waals surface area contributed by atoms with E-state index in [-0.39, 0.29) is 16.7 Å². The van der Waals surface area contributed by atoms with Crippen molar-refractivity contribution in [2.45, 2.75) is 0 Å². The number of anilines is 2. The highest BCUT2D eigenvalue weighted by Crippen LogP contribution is 2.33. The Morgan fingerprint density at radius 1 is 1.16 bits per heavy atom. The summed E-state index contributed by atoms with van der Waals surface area (Å²) in [7, 11) is 0. The van der Waals surface area contributed by atoms with E-state index < -0.39 is 17.5 Å². The molecular weight excluding hydrogens is 434 g/mol. The number of aromatic nitrogens is 1. The summed E-state index contributed by atoms with van der Waals surface area (Å²) < 4.78 is 28.0. The molecule has 0 bridgehead atoms. The van der Waals surface area contributed by atoms with Gasteiger partial charge in [-0.25, -0.2) is 13.8 Å². The van der Waals surface area contributed by atoms with Gasteiger partial charge in [-0.3, -0.25) is 9.69 Å². The van der Waals surface area contributed by atoms with E-state index >= 15 is 0 Å². The zero-order valence-corrected chi connectivity index (χ0v) is 15.7. The number of nitrogens with zero attached hydrogens (tertiary/aromatic N) is 2. The van der Waals surface area contributed by atoms with Crippen LogP contribution in [0, 0.1) is 11.6 Å². The third-order valence-electron chi connectivity index (χ3n) is 3.29. The summed E-state index contributed by atoms with van der Waals surface area (Å²) >= 11 is 10.2. The van der Waals surface area contributed by atoms with Gasteiger partial charge in [0.25, 0.3) is 0 Å². The molecule has 0 aliphatic heterocycles. The Morgan fingerprint density at radius 3 is 2.40 bits per heavy atom. The Bertz CT molecular complexity index is 897. The van der Waals surface area contributed by atoms with Crippen molar-refractivity contribution in [3.05, 3.63) is 64.0 Å². The van der Waals surface area contributed by atoms with Crippen molar-refractivity contribution in [2.75, 3.05) is 10.8 Å². The maximum absolute atomic E-state index is 13.5. The van der Waals surface area contributed by atoms with Crippen LogP contribution in [0.1, 0.15) is 0 Å². The zero-order valence-electron chi connectivity index (χ0n) is 12.5. The van der Waals surface area contributed by atoms with E-state index in [4.69, 9.17) is 11.6 Å². The van der Waals surface area contributed by atoms with E-state index in [9.17, 15) is 13.6 Å². The smallest absolute Gasteiger partial charge is 0.248 e. The molecule has 0 spiro atoms. The molecule has 2 aromatic carbocycles. The molecule has 0 aliphatic carbocycles. The van der Waals surface area contributed by atoms with Gasteiger partial charge >= 0.3 is 0 Å². The van der Waals surface area contributed by atoms with Gasteiger partial charge in [0.2, 0.25) is 5.91 Å². The number of benzene rings is 2. The van der Waals surface area contributed by atoms with E-state index in [0.717, 1.165) is 33.1 Å². The van der Waals surface area contributed by atoms with Gasteiger partial charge in [0.1, 0.15) is 17.5 Å². The molecule has 0 fully saturated rings. The molecule has 128 valence electrons. The fourth-order valence-electron chi connectivity index (χ4n) is 2.21. The Kier molecular flexibility index (Phi) is 5.46. The minimum absolute atomic E-state index is 0.0415. The van der Waals surface area contributed by atoms with Crippen molar-refractivity contribution in [1.29, 1.82) is 0 Å². The van der Waals surface area contributed by atoms with Crippen molar-refractivity contribution in [1.82, 2.24) is 4.98 Å². The number of carbonyl (C=O) groups excluding carboxylic acids is 1. The van der Waals surface area contributed by atoms with Gasteiger partial charge < -0.3 is 0 Å². The van der Waals surface area contributed by atoms with Crippen molar-refractivity contribution in [3.63, 3.8) is 0 Å². The molecule has 8 heteroatoms. The number of thiazole rings is 1. The van der Waals surface area contributed by atoms with Gasteiger partial charge in [-0.05, 0) is 24.3 Å². The summed E-state index contributed by atoms with van der Waals surface area (Å²) in [6, 6.07) is 10.4. The molecule has 0 N–H and O–H groups in total. The highest BCUT2D eigenvalue weighted by Gasteiger charge is 2.22. The van der Waals surface area contributed by atoms with Gasteiger partial charge in [-0.1, -0.05) is 28.1 Å². The summed E-state index contributed by atoms with van der Waals surface area (Å²) in [5.74, 6) is -2.44. The molecule has 25 heavy (non-hydrogen) atoms. The molecule has 1 aromatic heterocycles. The second-order valence-electron chi connectivity index (χ2n) is 5.01. The molecule has 3 aromatic rings. The third-order valence-corrected chi connectivity index (χ3v) is 4.88. The van der Waals surface area contributed by atoms with Gasteiger partial charge in [0.15, 0.2) is 5.13 Å². The molecule has 1 heterocycles. The predicted molar refractivity (Wildman–Crippen MR) is 99.5 cm³/mol. The summed E-state index contributed by atoms with van der Waals surface area (Å²) in [6.45, 7) is 0. The SMILES string of the molecule is O=C(CCl)N(c1cc(F)cc(F)c1)c1nc(-c2ccc(Br)cc2)cs1. The van der Waals surface area contributed by atoms with Crippen LogP contribution in [0.4, 0.5) is 19.6 Å². The number of carbonyl (C=O) groups is 1. The lowest BCUT2D eigenvalue weighted by Crippen LogP contribution is -2.27. The summed E-state index contributed by atoms with van der Waals surface area (Å²) in [5, 5.41) is 2.05. The minimum atomic E-state index is -0.785. The Hall–Kier alpha value is -1.83. The zero-order chi connectivity index (χ0) is 18.0. The molecule has 0 unspecified atom stereocenters. The predicted octanol–water partition coefficient (Wildman–Crippen LogP) is 5.75. The average molecular weight is 444 g/mol. The van der Waals surface area contributed by atoms with E-state index in [2.05, 4.69) is 20.9 Å². The lowest BCUT2D eigenvalue weighted by atomic mass is 10.2. The molecule has 3 rings (SSSR count). The van der Waals surface area contributed by atoms with Crippen molar-refractivity contribution >= 4 is 55.6 Å². The van der Waals surface area contributed by atoms with Gasteiger partial charge in [0, 0.05) is 21.5 Å². The van der Waals surface area contributed by atoms with Crippen molar-refractivity contribution in [2.24, 2.45) is 0 Å². The normalized spacial score (nSPS) is 10.7. The van der Waals surface area contributed by atoms with Crippen LogP contribution in [-0.4, -0.2) is 16.8 Å². The first-order chi connectivity index (χ1) is 12.0. The van der Waals surface area contributed by atoms with Crippen molar-refractivity contribution in [3.8, 4) is 11.3 Å². The number of amides is 1. The first-order valence-corrected chi connectivity index (χ1v) is 9.25. The first kappa shape index (κ1) is 18.0. The molecule has 0 atom stereocenters. The lowest BCUT2D eigenvalue weighted by molar-refractivity contribution is -0.115. The van der Waals surface area contributed by atoms with Crippen LogP contribution in [0.2, 0.25) is 0 Å². The Morgan fingerprint density at radius 2 is 1.80 bits per heavy atom. The maximum atomic E-state index is 13.5. The maximum Gasteiger partial charge on any atom is 0.248 e. The quantitative estimate of drug-likeness (QED) is 0.481. The molecule has 3 nitrogen and oxygen atoms in total. The van der Waals surface area contributed by atoms with Gasteiger partial charge in [-0.15, -0.1) is 22.9 Å². The number of hydrogen-bond donors (Lipinski definition) is 0. The molecular formula is C17H10BrClF2N2OS. The molecule has 0 saturated carbocycles. The van der Waals surface area contributed by atoms with Gasteiger partial charge in [0.05, 0.1) is 11.4 Å². The van der Waals surface area contributed by atoms with E-state index in [0.29, 0.717) is 5.69 Å². The lowest BCUT2D eigenvalue weighted by Gasteiger charge is -2.19. The van der Waals surface area contributed by atoms with Gasteiger partial charge in [-0.2, -0.15) is 0 Å². The van der Waals surface area contributed by atoms with E-state index in [1.54, 1.807) is 5.38 Å². The second-order valence-corrected chi connectivity index (χ2v) is 7.03. The molecule has 0 saturated heterocycles. The Labute approximate surface area is 160 Å². The largest absolute Gasteiger partial charge is 0.273 e. The van der Waals surface area contributed by atoms with Crippen LogP contribution in [0.5, 0.6) is 0 Å². The third kappa shape index (κ3) is 4.05. The molecule has 1 amide bonds. The van der Waals surface area contributed by atoms with Crippen LogP contribution in [0.15, 0.2) is 52.3 Å². The van der Waals surface area contributed by atoms with E-state index in [1.807, 2.05) is 24.3 Å². The number of hydrogen-bond acceptors (Lipinski definition) is 3. The summed E-state index contributed by atoms with van der Waals surface area (Å²) in [4.78, 5) is 17.8. The highest BCUT2D eigenvalue weighted by atomic mass is 79.9. The fourth-order valence-corrected chi connectivity index (χ4v) is 3.46. The average Bonchev–Trinajstić information content (AvgIpc) is 3.04. The number of alkyl halides is 1. The topological polar surface area (TPSA) is 33.2 Å². The van der Waals surface area contributed by atoms with E-state index in [1.165, 1.54) is 11.3 Å². The minimum Gasteiger partial charge on any atom is -0.273 e. The van der Waals surface area contributed by atoms with Crippen LogP contribution in [-0.2, 0) is 4.79 Å². The first-order valence-electron chi connectivity index (χ1n) is 7.04. The molecule has 0 aliphatic rings. The van der Waals surface area contributed by atoms with Crippen LogP contribution < -0.4 is 4.90 Å². The molecule has 0 radical (unpaired) electrons. The summed E-state index contributed by atoms with van der Waals surface area (Å²) in [6.07, 6.45) is 0. The fraction of sp³-hybridized carbons (Fsp3) is 0.0588. The van der Waals surface area contributed by atoms with Crippen molar-refractivity contribution < 1.29 is 13.6 Å². The standard InChI is InChI=1S/C17H10BrClF2N2OS/c18-11-3-1-10(2-4-11)15-9-25-17(22-15)23(16(24)8-19)14-6-12(20)5-13(21)7-14/h1-7,9H,8H2. The monoisotopic (exact) mass is 442 g/mol. The van der Waals surface area contributed by atoms with Crippen LogP contribution >= 0.6 is 38.9 Å². The van der Waals surface area contributed by atoms with Crippen LogP contribution in [0.25, 0.3) is 11.3 Å². The second kappa shape index (κ2) is 7.59. The number of halogens is 4.